The zero-order valence-corrected chi connectivity index (χ0v) is 17.1. The van der Waals surface area contributed by atoms with Crippen molar-refractivity contribution in [3.05, 3.63) is 71.8 Å². The SMILES string of the molecule is O=CC(Br)CCOCc1ccccc1.O=CCCCOCc1ccccc1. The predicted molar refractivity (Wildman–Crippen MR) is 111 cm³/mol. The highest BCUT2D eigenvalue weighted by molar-refractivity contribution is 9.09. The van der Waals surface area contributed by atoms with Gasteiger partial charge in [-0.15, -0.1) is 0 Å². The first-order chi connectivity index (χ1) is 13.3. The molecule has 146 valence electrons. The largest absolute Gasteiger partial charge is 0.377 e. The summed E-state index contributed by atoms with van der Waals surface area (Å²) in [5, 5.41) is 0. The first-order valence-electron chi connectivity index (χ1n) is 9.02. The second-order valence-corrected chi connectivity index (χ2v) is 7.00. The summed E-state index contributed by atoms with van der Waals surface area (Å²) in [7, 11) is 0. The molecule has 0 saturated heterocycles. The standard InChI is InChI=1S/C11H13BrO2.C11H14O2/c12-11(8-13)6-7-14-9-10-4-2-1-3-5-10;12-8-4-5-9-13-10-11-6-2-1-3-7-11/h1-5,8,11H,6-7,9H2;1-3,6-8H,4-5,9-10H2. The van der Waals surface area contributed by atoms with Crippen molar-refractivity contribution in [3.63, 3.8) is 0 Å². The van der Waals surface area contributed by atoms with E-state index in [-0.39, 0.29) is 4.83 Å². The van der Waals surface area contributed by atoms with Gasteiger partial charge in [0.05, 0.1) is 18.0 Å². The average molecular weight is 435 g/mol. The van der Waals surface area contributed by atoms with Crippen LogP contribution >= 0.6 is 15.9 Å². The Morgan fingerprint density at radius 2 is 1.33 bits per heavy atom. The molecule has 0 aliphatic heterocycles. The summed E-state index contributed by atoms with van der Waals surface area (Å²) in [4.78, 5) is 20.2. The number of carbonyl (C=O) groups excluding carboxylic acids is 2. The van der Waals surface area contributed by atoms with Crippen LogP contribution in [-0.2, 0) is 32.3 Å². The van der Waals surface area contributed by atoms with Gasteiger partial charge in [-0.25, -0.2) is 0 Å². The summed E-state index contributed by atoms with van der Waals surface area (Å²) in [6.07, 6.45) is 3.93. The van der Waals surface area contributed by atoms with E-state index in [1.54, 1.807) is 0 Å². The Labute approximate surface area is 170 Å². The quantitative estimate of drug-likeness (QED) is 0.275. The second-order valence-electron chi connectivity index (χ2n) is 5.83. The van der Waals surface area contributed by atoms with E-state index in [1.807, 2.05) is 60.7 Å². The highest BCUT2D eigenvalue weighted by Crippen LogP contribution is 2.04. The number of ether oxygens (including phenoxy) is 2. The number of unbranched alkanes of at least 4 members (excludes halogenated alkanes) is 1. The van der Waals surface area contributed by atoms with Crippen LogP contribution in [0, 0.1) is 0 Å². The van der Waals surface area contributed by atoms with Crippen LogP contribution in [0.15, 0.2) is 60.7 Å². The minimum Gasteiger partial charge on any atom is -0.377 e. The third-order valence-electron chi connectivity index (χ3n) is 3.52. The van der Waals surface area contributed by atoms with Crippen molar-refractivity contribution in [2.75, 3.05) is 13.2 Å². The summed E-state index contributed by atoms with van der Waals surface area (Å²) in [6, 6.07) is 20.0. The van der Waals surface area contributed by atoms with Gasteiger partial charge in [0.1, 0.15) is 12.6 Å². The van der Waals surface area contributed by atoms with Gasteiger partial charge in [-0.3, -0.25) is 0 Å². The van der Waals surface area contributed by atoms with Gasteiger partial charge in [0.15, 0.2) is 0 Å². The Bertz CT molecular complexity index is 604. The van der Waals surface area contributed by atoms with E-state index in [0.717, 1.165) is 31.0 Å². The molecule has 4 nitrogen and oxygen atoms in total. The van der Waals surface area contributed by atoms with Gasteiger partial charge in [-0.2, -0.15) is 0 Å². The monoisotopic (exact) mass is 434 g/mol. The lowest BCUT2D eigenvalue weighted by Crippen LogP contribution is -2.05. The first kappa shape index (κ1) is 23.2. The molecule has 2 aromatic carbocycles. The predicted octanol–water partition coefficient (Wildman–Crippen LogP) is 4.74. The van der Waals surface area contributed by atoms with Gasteiger partial charge in [-0.1, -0.05) is 76.6 Å². The molecule has 0 spiro atoms. The number of alkyl halides is 1. The van der Waals surface area contributed by atoms with E-state index in [2.05, 4.69) is 15.9 Å². The highest BCUT2D eigenvalue weighted by atomic mass is 79.9. The maximum Gasteiger partial charge on any atom is 0.133 e. The minimum atomic E-state index is -0.0849. The molecular weight excluding hydrogens is 408 g/mol. The lowest BCUT2D eigenvalue weighted by atomic mass is 10.2. The molecule has 0 heterocycles. The van der Waals surface area contributed by atoms with Crippen molar-refractivity contribution >= 4 is 28.5 Å². The molecule has 2 aromatic rings. The fourth-order valence-electron chi connectivity index (χ4n) is 2.06. The van der Waals surface area contributed by atoms with E-state index in [9.17, 15) is 9.59 Å². The average Bonchev–Trinajstić information content (AvgIpc) is 2.73. The Balaban J connectivity index is 0.000000271. The fourth-order valence-corrected chi connectivity index (χ4v) is 2.25. The molecule has 5 heteroatoms. The molecule has 0 aliphatic rings. The van der Waals surface area contributed by atoms with E-state index in [1.165, 1.54) is 5.56 Å². The molecule has 0 fully saturated rings. The molecule has 0 saturated carbocycles. The van der Waals surface area contributed by atoms with Crippen molar-refractivity contribution in [2.45, 2.75) is 37.3 Å². The maximum absolute atomic E-state index is 10.3. The smallest absolute Gasteiger partial charge is 0.133 e. The number of benzene rings is 2. The third kappa shape index (κ3) is 13.1. The summed E-state index contributed by atoms with van der Waals surface area (Å²) < 4.78 is 10.8. The number of aldehydes is 2. The normalized spacial score (nSPS) is 11.1. The van der Waals surface area contributed by atoms with Crippen molar-refractivity contribution in [1.29, 1.82) is 0 Å². The van der Waals surface area contributed by atoms with E-state index in [4.69, 9.17) is 9.47 Å². The summed E-state index contributed by atoms with van der Waals surface area (Å²) >= 11 is 3.22. The van der Waals surface area contributed by atoms with Crippen LogP contribution in [0.1, 0.15) is 30.4 Å². The lowest BCUT2D eigenvalue weighted by Gasteiger charge is -2.04. The third-order valence-corrected chi connectivity index (χ3v) is 4.19. The lowest BCUT2D eigenvalue weighted by molar-refractivity contribution is -0.108. The van der Waals surface area contributed by atoms with Crippen molar-refractivity contribution < 1.29 is 19.1 Å². The second kappa shape index (κ2) is 16.4. The molecule has 2 rings (SSSR count). The summed E-state index contributed by atoms with van der Waals surface area (Å²) in [6.45, 7) is 2.51. The summed E-state index contributed by atoms with van der Waals surface area (Å²) in [5.41, 5.74) is 2.33. The van der Waals surface area contributed by atoms with Crippen molar-refractivity contribution in [2.24, 2.45) is 0 Å². The Morgan fingerprint density at radius 3 is 1.81 bits per heavy atom. The van der Waals surface area contributed by atoms with Gasteiger partial charge < -0.3 is 19.1 Å². The van der Waals surface area contributed by atoms with Gasteiger partial charge in [0.25, 0.3) is 0 Å². The zero-order valence-electron chi connectivity index (χ0n) is 15.5. The first-order valence-corrected chi connectivity index (χ1v) is 9.94. The molecule has 0 aromatic heterocycles. The van der Waals surface area contributed by atoms with Crippen LogP contribution in [0.5, 0.6) is 0 Å². The van der Waals surface area contributed by atoms with Crippen molar-refractivity contribution in [1.82, 2.24) is 0 Å². The van der Waals surface area contributed by atoms with Crippen LogP contribution < -0.4 is 0 Å². The Hall–Kier alpha value is -1.82. The van der Waals surface area contributed by atoms with E-state index in [0.29, 0.717) is 32.8 Å². The van der Waals surface area contributed by atoms with Crippen LogP contribution in [0.25, 0.3) is 0 Å². The van der Waals surface area contributed by atoms with Gasteiger partial charge in [-0.05, 0) is 24.0 Å². The summed E-state index contributed by atoms with van der Waals surface area (Å²) in [5.74, 6) is 0. The molecule has 0 aliphatic carbocycles. The van der Waals surface area contributed by atoms with E-state index < -0.39 is 0 Å². The Morgan fingerprint density at radius 1 is 0.815 bits per heavy atom. The highest BCUT2D eigenvalue weighted by Gasteiger charge is 2.00. The fraction of sp³-hybridized carbons (Fsp3) is 0.364. The van der Waals surface area contributed by atoms with E-state index >= 15 is 0 Å². The van der Waals surface area contributed by atoms with Crippen LogP contribution in [0.3, 0.4) is 0 Å². The molecule has 27 heavy (non-hydrogen) atoms. The molecule has 1 atom stereocenters. The molecule has 0 amide bonds. The number of halogens is 1. The zero-order chi connectivity index (χ0) is 19.6. The number of hydrogen-bond donors (Lipinski definition) is 0. The minimum absolute atomic E-state index is 0.0849. The molecule has 0 radical (unpaired) electrons. The van der Waals surface area contributed by atoms with Gasteiger partial charge in [0, 0.05) is 19.6 Å². The molecule has 0 N–H and O–H groups in total. The van der Waals surface area contributed by atoms with Crippen LogP contribution in [-0.4, -0.2) is 30.6 Å². The topological polar surface area (TPSA) is 52.6 Å². The molecular formula is C22H27BrO4. The Kier molecular flexibility index (Phi) is 14.1. The van der Waals surface area contributed by atoms with Crippen LogP contribution in [0.4, 0.5) is 0 Å². The maximum atomic E-state index is 10.3. The molecule has 1 unspecified atom stereocenters. The number of hydrogen-bond acceptors (Lipinski definition) is 4. The van der Waals surface area contributed by atoms with Crippen molar-refractivity contribution in [3.8, 4) is 0 Å². The van der Waals surface area contributed by atoms with Gasteiger partial charge in [0.2, 0.25) is 0 Å². The molecule has 0 bridgehead atoms. The van der Waals surface area contributed by atoms with Gasteiger partial charge >= 0.3 is 0 Å². The number of rotatable bonds is 12. The van der Waals surface area contributed by atoms with Crippen LogP contribution in [0.2, 0.25) is 0 Å². The number of carbonyl (C=O) groups is 2.